The molecule has 0 saturated carbocycles. The van der Waals surface area contributed by atoms with Crippen molar-refractivity contribution >= 4 is 0 Å². The highest BCUT2D eigenvalue weighted by molar-refractivity contribution is 5.47. The molecule has 0 heterocycles. The molecule has 0 aliphatic carbocycles. The average Bonchev–Trinajstić information content (AvgIpc) is 3.21. The molecule has 3 aromatic rings. The summed E-state index contributed by atoms with van der Waals surface area (Å²) in [5.41, 5.74) is 2.46. The van der Waals surface area contributed by atoms with Crippen LogP contribution < -0.4 is 0 Å². The van der Waals surface area contributed by atoms with E-state index in [-0.39, 0.29) is 0 Å². The smallest absolute Gasteiger partial charge is 0.143 e. The van der Waals surface area contributed by atoms with E-state index in [1.165, 1.54) is 19.3 Å². The third-order valence-corrected chi connectivity index (χ3v) is 8.21. The van der Waals surface area contributed by atoms with Gasteiger partial charge in [-0.3, -0.25) is 0 Å². The standard InChI is InChI=1S/C43H64O10/c1-2-3-4-14-21-44-22-23-45-24-25-46-26-27-47-28-29-48-30-31-49-32-33-50-34-35-51-36-37-52-38-39-53-43(40-15-8-5-9-16-40,41-17-10-6-11-18-41)42-19-12-7-13-20-42/h5-13,15-20H,2-4,14,21-39H2,1H3. The van der Waals surface area contributed by atoms with Crippen molar-refractivity contribution < 1.29 is 47.4 Å². The molecule has 0 saturated heterocycles. The van der Waals surface area contributed by atoms with Crippen LogP contribution in [0.4, 0.5) is 0 Å². The number of rotatable bonds is 36. The van der Waals surface area contributed by atoms with E-state index >= 15 is 0 Å². The second-order valence-electron chi connectivity index (χ2n) is 12.2. The molecule has 0 aliphatic heterocycles. The van der Waals surface area contributed by atoms with Crippen LogP contribution in [0.15, 0.2) is 91.0 Å². The molecule has 10 nitrogen and oxygen atoms in total. The van der Waals surface area contributed by atoms with Gasteiger partial charge in [-0.15, -0.1) is 0 Å². The van der Waals surface area contributed by atoms with Crippen molar-refractivity contribution in [3.05, 3.63) is 108 Å². The zero-order valence-corrected chi connectivity index (χ0v) is 32.0. The summed E-state index contributed by atoms with van der Waals surface area (Å²) in [6.07, 6.45) is 4.89. The Balaban J connectivity index is 1.07. The Kier molecular flexibility index (Phi) is 26.6. The second kappa shape index (κ2) is 31.6. The number of hydrogen-bond acceptors (Lipinski definition) is 10. The van der Waals surface area contributed by atoms with Crippen LogP contribution in [0.25, 0.3) is 0 Å². The highest BCUT2D eigenvalue weighted by Gasteiger charge is 2.37. The zero-order chi connectivity index (χ0) is 37.2. The molecular formula is C43H64O10. The largest absolute Gasteiger partial charge is 0.379 e. The maximum Gasteiger partial charge on any atom is 0.143 e. The van der Waals surface area contributed by atoms with E-state index in [4.69, 9.17) is 47.4 Å². The van der Waals surface area contributed by atoms with Crippen LogP contribution in [-0.4, -0.2) is 126 Å². The Hall–Kier alpha value is -2.74. The Bertz CT molecular complexity index is 1100. The van der Waals surface area contributed by atoms with Crippen molar-refractivity contribution in [3.8, 4) is 0 Å². The number of ether oxygens (including phenoxy) is 10. The molecule has 53 heavy (non-hydrogen) atoms. The van der Waals surface area contributed by atoms with Gasteiger partial charge in [-0.2, -0.15) is 0 Å². The molecule has 3 rings (SSSR count). The van der Waals surface area contributed by atoms with E-state index in [1.807, 2.05) is 54.6 Å². The summed E-state index contributed by atoms with van der Waals surface area (Å²) in [5.74, 6) is 0. The van der Waals surface area contributed by atoms with Crippen molar-refractivity contribution in [2.45, 2.75) is 38.2 Å². The SMILES string of the molecule is CCCCCCOCCOCCOCCOCCOCCOCCOCCOCCOCCOC(c1ccccc1)(c1ccccc1)c1ccccc1. The molecule has 0 N–H and O–H groups in total. The van der Waals surface area contributed by atoms with E-state index in [0.717, 1.165) is 29.7 Å². The fourth-order valence-electron chi connectivity index (χ4n) is 5.51. The summed E-state index contributed by atoms with van der Waals surface area (Å²) in [6, 6.07) is 31.0. The third kappa shape index (κ3) is 20.0. The van der Waals surface area contributed by atoms with Gasteiger partial charge in [0.1, 0.15) is 5.60 Å². The van der Waals surface area contributed by atoms with E-state index in [9.17, 15) is 0 Å². The van der Waals surface area contributed by atoms with Crippen LogP contribution in [0.3, 0.4) is 0 Å². The van der Waals surface area contributed by atoms with Gasteiger partial charge in [-0.05, 0) is 23.1 Å². The minimum absolute atomic E-state index is 0.420. The maximum atomic E-state index is 6.73. The van der Waals surface area contributed by atoms with Crippen LogP contribution in [0.5, 0.6) is 0 Å². The highest BCUT2D eigenvalue weighted by atomic mass is 16.6. The molecule has 0 bridgehead atoms. The van der Waals surface area contributed by atoms with Gasteiger partial charge >= 0.3 is 0 Å². The number of unbranched alkanes of at least 4 members (excludes halogenated alkanes) is 3. The molecule has 0 atom stereocenters. The van der Waals surface area contributed by atoms with Crippen molar-refractivity contribution in [2.24, 2.45) is 0 Å². The van der Waals surface area contributed by atoms with E-state index in [0.29, 0.717) is 119 Å². The fraction of sp³-hybridized carbons (Fsp3) is 0.581. The molecule has 0 unspecified atom stereocenters. The molecule has 0 radical (unpaired) electrons. The monoisotopic (exact) mass is 740 g/mol. The van der Waals surface area contributed by atoms with Crippen molar-refractivity contribution in [3.63, 3.8) is 0 Å². The molecule has 0 aromatic heterocycles. The lowest BCUT2D eigenvalue weighted by Crippen LogP contribution is -2.34. The van der Waals surface area contributed by atoms with Crippen LogP contribution in [0.1, 0.15) is 49.3 Å². The lowest BCUT2D eigenvalue weighted by Gasteiger charge is -2.36. The van der Waals surface area contributed by atoms with Gasteiger partial charge in [0.05, 0.1) is 119 Å². The van der Waals surface area contributed by atoms with Gasteiger partial charge in [0.15, 0.2) is 0 Å². The van der Waals surface area contributed by atoms with Crippen molar-refractivity contribution in [1.82, 2.24) is 0 Å². The topological polar surface area (TPSA) is 92.3 Å². The first-order valence-electron chi connectivity index (χ1n) is 19.4. The molecular weight excluding hydrogens is 676 g/mol. The van der Waals surface area contributed by atoms with E-state index in [2.05, 4.69) is 43.3 Å². The molecule has 0 amide bonds. The quantitative estimate of drug-likeness (QED) is 0.0473. The average molecular weight is 741 g/mol. The minimum atomic E-state index is -0.747. The first kappa shape index (κ1) is 44.7. The summed E-state index contributed by atoms with van der Waals surface area (Å²) >= 11 is 0. The minimum Gasteiger partial charge on any atom is -0.379 e. The van der Waals surface area contributed by atoms with Crippen molar-refractivity contribution in [2.75, 3.05) is 126 Å². The van der Waals surface area contributed by atoms with E-state index < -0.39 is 5.60 Å². The summed E-state index contributed by atoms with van der Waals surface area (Å²) in [5, 5.41) is 0. The summed E-state index contributed by atoms with van der Waals surface area (Å²) in [7, 11) is 0. The van der Waals surface area contributed by atoms with Crippen LogP contribution in [0, 0.1) is 0 Å². The lowest BCUT2D eigenvalue weighted by molar-refractivity contribution is -0.0399. The van der Waals surface area contributed by atoms with Crippen LogP contribution in [-0.2, 0) is 53.0 Å². The maximum absolute atomic E-state index is 6.73. The fourth-order valence-corrected chi connectivity index (χ4v) is 5.51. The number of hydrogen-bond donors (Lipinski definition) is 0. The zero-order valence-electron chi connectivity index (χ0n) is 32.0. The van der Waals surface area contributed by atoms with Gasteiger partial charge in [0.2, 0.25) is 0 Å². The molecule has 0 fully saturated rings. The van der Waals surface area contributed by atoms with Crippen LogP contribution in [0.2, 0.25) is 0 Å². The predicted octanol–water partition coefficient (Wildman–Crippen LogP) is 6.72. The van der Waals surface area contributed by atoms with Gasteiger partial charge in [0.25, 0.3) is 0 Å². The number of benzene rings is 3. The first-order chi connectivity index (χ1) is 26.4. The van der Waals surface area contributed by atoms with Crippen LogP contribution >= 0.6 is 0 Å². The van der Waals surface area contributed by atoms with Gasteiger partial charge in [0, 0.05) is 6.61 Å². The molecule has 0 spiro atoms. The first-order valence-corrected chi connectivity index (χ1v) is 19.4. The highest BCUT2D eigenvalue weighted by Crippen LogP contribution is 2.40. The molecule has 296 valence electrons. The molecule has 0 aliphatic rings. The summed E-state index contributed by atoms with van der Waals surface area (Å²) in [4.78, 5) is 0. The Morgan fingerprint density at radius 1 is 0.302 bits per heavy atom. The lowest BCUT2D eigenvalue weighted by atomic mass is 9.80. The Morgan fingerprint density at radius 3 is 0.849 bits per heavy atom. The third-order valence-electron chi connectivity index (χ3n) is 8.21. The van der Waals surface area contributed by atoms with Gasteiger partial charge in [-0.25, -0.2) is 0 Å². The molecule has 3 aromatic carbocycles. The van der Waals surface area contributed by atoms with Gasteiger partial charge in [-0.1, -0.05) is 117 Å². The van der Waals surface area contributed by atoms with E-state index in [1.54, 1.807) is 0 Å². The van der Waals surface area contributed by atoms with Gasteiger partial charge < -0.3 is 47.4 Å². The molecule has 10 heteroatoms. The normalized spacial score (nSPS) is 11.7. The summed E-state index contributed by atoms with van der Waals surface area (Å²) < 4.78 is 57.0. The Labute approximate surface area is 318 Å². The summed E-state index contributed by atoms with van der Waals surface area (Å²) in [6.45, 7) is 12.4. The Morgan fingerprint density at radius 2 is 0.566 bits per heavy atom. The predicted molar refractivity (Wildman–Crippen MR) is 207 cm³/mol. The second-order valence-corrected chi connectivity index (χ2v) is 12.2. The van der Waals surface area contributed by atoms with Crippen molar-refractivity contribution in [1.29, 1.82) is 0 Å².